The summed E-state index contributed by atoms with van der Waals surface area (Å²) in [5, 5.41) is 8.90. The van der Waals surface area contributed by atoms with Crippen LogP contribution in [0.4, 0.5) is 0 Å². The number of carboxylic acids is 1. The molecule has 0 spiro atoms. The van der Waals surface area contributed by atoms with Gasteiger partial charge in [-0.2, -0.15) is 0 Å². The highest BCUT2D eigenvalue weighted by atomic mass is 16.5. The number of benzene rings is 1. The van der Waals surface area contributed by atoms with E-state index in [1.807, 2.05) is 30.3 Å². The van der Waals surface area contributed by atoms with Crippen LogP contribution in [0.1, 0.15) is 12.0 Å². The molecule has 1 fully saturated rings. The van der Waals surface area contributed by atoms with Gasteiger partial charge in [-0.15, -0.1) is 0 Å². The van der Waals surface area contributed by atoms with Gasteiger partial charge < -0.3 is 9.84 Å². The average molecular weight is 192 g/mol. The van der Waals surface area contributed by atoms with E-state index in [1.54, 1.807) is 7.11 Å². The first-order valence-corrected chi connectivity index (χ1v) is 4.54. The first kappa shape index (κ1) is 9.21. The van der Waals surface area contributed by atoms with Crippen LogP contribution in [0, 0.1) is 5.92 Å². The van der Waals surface area contributed by atoms with Gasteiger partial charge in [0.2, 0.25) is 0 Å². The monoisotopic (exact) mass is 192 g/mol. The van der Waals surface area contributed by atoms with Crippen molar-refractivity contribution in [1.29, 1.82) is 0 Å². The fraction of sp³-hybridized carbons (Fsp3) is 0.364. The Balaban J connectivity index is 2.29. The number of methoxy groups -OCH3 is 1. The van der Waals surface area contributed by atoms with E-state index in [2.05, 4.69) is 0 Å². The summed E-state index contributed by atoms with van der Waals surface area (Å²) in [5.41, 5.74) is 0.377. The van der Waals surface area contributed by atoms with Crippen molar-refractivity contribution in [3.8, 4) is 0 Å². The highest BCUT2D eigenvalue weighted by Crippen LogP contribution is 2.54. The maximum Gasteiger partial charge on any atom is 0.309 e. The molecule has 1 N–H and O–H groups in total. The van der Waals surface area contributed by atoms with Crippen LogP contribution in [-0.2, 0) is 15.1 Å². The Morgan fingerprint density at radius 1 is 1.50 bits per heavy atom. The van der Waals surface area contributed by atoms with Crippen LogP contribution in [0.5, 0.6) is 0 Å². The molecule has 1 aliphatic carbocycles. The third-order valence-electron chi connectivity index (χ3n) is 2.83. The van der Waals surface area contributed by atoms with Crippen molar-refractivity contribution in [3.63, 3.8) is 0 Å². The number of carbonyl (C=O) groups is 1. The van der Waals surface area contributed by atoms with Crippen molar-refractivity contribution < 1.29 is 14.6 Å². The van der Waals surface area contributed by atoms with Crippen LogP contribution in [0.15, 0.2) is 30.3 Å². The summed E-state index contributed by atoms with van der Waals surface area (Å²) in [5.74, 6) is -1.18. The Hall–Kier alpha value is -1.35. The standard InChI is InChI=1S/C11H12O3/c1-14-11(7-9(11)10(12)13)8-5-3-2-4-6-8/h2-6,9H,7H2,1H3,(H,12,13)/t9-,11+/m1/s1. The van der Waals surface area contributed by atoms with Crippen LogP contribution < -0.4 is 0 Å². The molecule has 0 amide bonds. The van der Waals surface area contributed by atoms with Gasteiger partial charge in [0.25, 0.3) is 0 Å². The molecule has 0 radical (unpaired) electrons. The molecule has 0 bridgehead atoms. The minimum atomic E-state index is -0.782. The number of aliphatic carboxylic acids is 1. The minimum absolute atomic E-state index is 0.394. The Morgan fingerprint density at radius 2 is 2.14 bits per heavy atom. The lowest BCUT2D eigenvalue weighted by Crippen LogP contribution is -2.16. The second-order valence-corrected chi connectivity index (χ2v) is 3.55. The maximum atomic E-state index is 10.8. The van der Waals surface area contributed by atoms with Gasteiger partial charge in [-0.05, 0) is 12.0 Å². The van der Waals surface area contributed by atoms with E-state index in [0.717, 1.165) is 5.56 Å². The van der Waals surface area contributed by atoms with E-state index in [4.69, 9.17) is 9.84 Å². The molecule has 0 unspecified atom stereocenters. The molecule has 3 nitrogen and oxygen atoms in total. The summed E-state index contributed by atoms with van der Waals surface area (Å²) in [7, 11) is 1.57. The maximum absolute atomic E-state index is 10.8. The lowest BCUT2D eigenvalue weighted by molar-refractivity contribution is -0.140. The molecule has 1 saturated carbocycles. The molecule has 2 rings (SSSR count). The minimum Gasteiger partial charge on any atom is -0.481 e. The molecule has 0 aliphatic heterocycles. The molecule has 0 heterocycles. The largest absolute Gasteiger partial charge is 0.481 e. The fourth-order valence-corrected chi connectivity index (χ4v) is 1.91. The Kier molecular flexibility index (Phi) is 2.04. The van der Waals surface area contributed by atoms with Crippen LogP contribution in [0.3, 0.4) is 0 Å². The van der Waals surface area contributed by atoms with Crippen LogP contribution in [-0.4, -0.2) is 18.2 Å². The average Bonchev–Trinajstić information content (AvgIpc) is 2.95. The topological polar surface area (TPSA) is 46.5 Å². The summed E-state index contributed by atoms with van der Waals surface area (Å²) in [4.78, 5) is 10.8. The SMILES string of the molecule is CO[C@]1(c2ccccc2)C[C@@H]1C(=O)O. The van der Waals surface area contributed by atoms with Gasteiger partial charge in [0.15, 0.2) is 0 Å². The Bertz CT molecular complexity index is 347. The smallest absolute Gasteiger partial charge is 0.309 e. The molecule has 1 aromatic carbocycles. The summed E-state index contributed by atoms with van der Waals surface area (Å²) in [6, 6.07) is 9.52. The molecule has 74 valence electrons. The van der Waals surface area contributed by atoms with Gasteiger partial charge in [0, 0.05) is 7.11 Å². The third kappa shape index (κ3) is 1.21. The first-order chi connectivity index (χ1) is 6.70. The van der Waals surface area contributed by atoms with Gasteiger partial charge >= 0.3 is 5.97 Å². The van der Waals surface area contributed by atoms with Crippen LogP contribution >= 0.6 is 0 Å². The zero-order valence-corrected chi connectivity index (χ0v) is 7.93. The van der Waals surface area contributed by atoms with Crippen molar-refractivity contribution >= 4 is 5.97 Å². The zero-order valence-electron chi connectivity index (χ0n) is 7.93. The quantitative estimate of drug-likeness (QED) is 0.791. The fourth-order valence-electron chi connectivity index (χ4n) is 1.91. The Labute approximate surface area is 82.3 Å². The second kappa shape index (κ2) is 3.10. The van der Waals surface area contributed by atoms with E-state index in [0.29, 0.717) is 6.42 Å². The molecule has 14 heavy (non-hydrogen) atoms. The predicted molar refractivity (Wildman–Crippen MR) is 50.9 cm³/mol. The van der Waals surface area contributed by atoms with Crippen molar-refractivity contribution in [2.24, 2.45) is 5.92 Å². The summed E-state index contributed by atoms with van der Waals surface area (Å²) < 4.78 is 5.33. The predicted octanol–water partition coefficient (Wildman–Crippen LogP) is 1.63. The number of hydrogen-bond acceptors (Lipinski definition) is 2. The van der Waals surface area contributed by atoms with E-state index in [9.17, 15) is 4.79 Å². The van der Waals surface area contributed by atoms with Crippen molar-refractivity contribution in [2.75, 3.05) is 7.11 Å². The lowest BCUT2D eigenvalue weighted by atomic mass is 10.1. The van der Waals surface area contributed by atoms with Crippen molar-refractivity contribution in [1.82, 2.24) is 0 Å². The van der Waals surface area contributed by atoms with Gasteiger partial charge in [0.1, 0.15) is 5.60 Å². The van der Waals surface area contributed by atoms with Gasteiger partial charge in [-0.3, -0.25) is 4.79 Å². The number of carboxylic acid groups (broad SMARTS) is 1. The number of rotatable bonds is 3. The first-order valence-electron chi connectivity index (χ1n) is 4.54. The molecule has 2 atom stereocenters. The molecular formula is C11H12O3. The zero-order chi connectivity index (χ0) is 10.2. The highest BCUT2D eigenvalue weighted by molar-refractivity contribution is 5.76. The molecule has 1 aliphatic rings. The van der Waals surface area contributed by atoms with Crippen molar-refractivity contribution in [2.45, 2.75) is 12.0 Å². The number of ether oxygens (including phenoxy) is 1. The summed E-state index contributed by atoms with van der Waals surface area (Å²) in [6.07, 6.45) is 0.572. The van der Waals surface area contributed by atoms with E-state index < -0.39 is 17.5 Å². The van der Waals surface area contributed by atoms with Crippen LogP contribution in [0.25, 0.3) is 0 Å². The van der Waals surface area contributed by atoms with Gasteiger partial charge in [-0.1, -0.05) is 30.3 Å². The lowest BCUT2D eigenvalue weighted by Gasteiger charge is -2.14. The second-order valence-electron chi connectivity index (χ2n) is 3.55. The molecule has 0 aromatic heterocycles. The van der Waals surface area contributed by atoms with E-state index >= 15 is 0 Å². The number of hydrogen-bond donors (Lipinski definition) is 1. The van der Waals surface area contributed by atoms with E-state index in [1.165, 1.54) is 0 Å². The Morgan fingerprint density at radius 3 is 2.57 bits per heavy atom. The molecule has 3 heteroatoms. The molecular weight excluding hydrogens is 180 g/mol. The van der Waals surface area contributed by atoms with Crippen molar-refractivity contribution in [3.05, 3.63) is 35.9 Å². The molecule has 1 aromatic rings. The third-order valence-corrected chi connectivity index (χ3v) is 2.83. The summed E-state index contributed by atoms with van der Waals surface area (Å²) >= 11 is 0. The highest BCUT2D eigenvalue weighted by Gasteiger charge is 2.60. The van der Waals surface area contributed by atoms with E-state index in [-0.39, 0.29) is 0 Å². The normalized spacial score (nSPS) is 29.9. The van der Waals surface area contributed by atoms with Gasteiger partial charge in [-0.25, -0.2) is 0 Å². The van der Waals surface area contributed by atoms with Crippen LogP contribution in [0.2, 0.25) is 0 Å². The molecule has 0 saturated heterocycles. The van der Waals surface area contributed by atoms with Gasteiger partial charge in [0.05, 0.1) is 5.92 Å². The summed E-state index contributed by atoms with van der Waals surface area (Å²) in [6.45, 7) is 0.